The Morgan fingerprint density at radius 3 is 2.73 bits per heavy atom. The van der Waals surface area contributed by atoms with Crippen LogP contribution in [0.25, 0.3) is 11.3 Å². The summed E-state index contributed by atoms with van der Waals surface area (Å²) in [7, 11) is 0. The first kappa shape index (κ1) is 23.0. The van der Waals surface area contributed by atoms with Crippen molar-refractivity contribution in [1.82, 2.24) is 20.4 Å². The van der Waals surface area contributed by atoms with Crippen LogP contribution in [0.15, 0.2) is 54.6 Å². The van der Waals surface area contributed by atoms with E-state index in [-0.39, 0.29) is 18.2 Å². The van der Waals surface area contributed by atoms with Crippen LogP contribution in [0.1, 0.15) is 16.1 Å². The molecule has 0 radical (unpaired) electrons. The second-order valence-electron chi connectivity index (χ2n) is 7.77. The first-order valence-corrected chi connectivity index (χ1v) is 11.2. The highest BCUT2D eigenvalue weighted by Gasteiger charge is 2.13. The number of morpholine rings is 1. The molecule has 8 nitrogen and oxygen atoms in total. The molecule has 1 aromatic heterocycles. The maximum absolute atomic E-state index is 12.6. The SMILES string of the molecule is O=C(Cc1cc(-c2cccc(C(=O)NCCN3CCOCC3)c2)n[nH]1)Nc1ccccc1Cl. The third-order valence-corrected chi connectivity index (χ3v) is 5.70. The average molecular weight is 468 g/mol. The van der Waals surface area contributed by atoms with E-state index < -0.39 is 0 Å². The van der Waals surface area contributed by atoms with Gasteiger partial charge in [-0.25, -0.2) is 0 Å². The van der Waals surface area contributed by atoms with Gasteiger partial charge in [0.2, 0.25) is 5.91 Å². The molecule has 0 saturated carbocycles. The van der Waals surface area contributed by atoms with Crippen molar-refractivity contribution in [3.05, 3.63) is 70.9 Å². The molecule has 4 rings (SSSR count). The largest absolute Gasteiger partial charge is 0.379 e. The Balaban J connectivity index is 1.33. The lowest BCUT2D eigenvalue weighted by molar-refractivity contribution is -0.115. The van der Waals surface area contributed by atoms with Crippen molar-refractivity contribution in [2.45, 2.75) is 6.42 Å². The van der Waals surface area contributed by atoms with Crippen molar-refractivity contribution in [3.8, 4) is 11.3 Å². The van der Waals surface area contributed by atoms with E-state index in [1.807, 2.05) is 24.3 Å². The number of halogens is 1. The number of H-pyrrole nitrogens is 1. The van der Waals surface area contributed by atoms with Crippen molar-refractivity contribution in [2.75, 3.05) is 44.7 Å². The number of carbonyl (C=O) groups is 2. The highest BCUT2D eigenvalue weighted by atomic mass is 35.5. The lowest BCUT2D eigenvalue weighted by Gasteiger charge is -2.26. The molecule has 2 amide bonds. The zero-order valence-electron chi connectivity index (χ0n) is 18.1. The normalized spacial score (nSPS) is 14.1. The Morgan fingerprint density at radius 1 is 1.09 bits per heavy atom. The fourth-order valence-electron chi connectivity index (χ4n) is 3.60. The zero-order chi connectivity index (χ0) is 23.0. The van der Waals surface area contributed by atoms with Crippen LogP contribution in [0.3, 0.4) is 0 Å². The second-order valence-corrected chi connectivity index (χ2v) is 8.18. The minimum Gasteiger partial charge on any atom is -0.379 e. The fourth-order valence-corrected chi connectivity index (χ4v) is 3.79. The Morgan fingerprint density at radius 2 is 1.91 bits per heavy atom. The molecular formula is C24H26ClN5O3. The van der Waals surface area contributed by atoms with Crippen LogP contribution in [-0.4, -0.2) is 66.3 Å². The quantitative estimate of drug-likeness (QED) is 0.473. The number of para-hydroxylation sites is 1. The van der Waals surface area contributed by atoms with Gasteiger partial charge in [-0.2, -0.15) is 5.10 Å². The molecule has 9 heteroatoms. The molecule has 0 spiro atoms. The van der Waals surface area contributed by atoms with Crippen molar-refractivity contribution < 1.29 is 14.3 Å². The van der Waals surface area contributed by atoms with Crippen LogP contribution >= 0.6 is 11.6 Å². The molecule has 33 heavy (non-hydrogen) atoms. The number of hydrogen-bond donors (Lipinski definition) is 3. The topological polar surface area (TPSA) is 99.3 Å². The highest BCUT2D eigenvalue weighted by molar-refractivity contribution is 6.33. The molecule has 1 aliphatic rings. The number of aromatic amines is 1. The van der Waals surface area contributed by atoms with Crippen LogP contribution < -0.4 is 10.6 Å². The number of aromatic nitrogens is 2. The van der Waals surface area contributed by atoms with Gasteiger partial charge in [-0.05, 0) is 30.3 Å². The minimum absolute atomic E-state index is 0.125. The van der Waals surface area contributed by atoms with Crippen molar-refractivity contribution >= 4 is 29.1 Å². The molecule has 3 N–H and O–H groups in total. The summed E-state index contributed by atoms with van der Waals surface area (Å²) in [4.78, 5) is 27.2. The van der Waals surface area contributed by atoms with Gasteiger partial charge in [-0.15, -0.1) is 0 Å². The number of anilines is 1. The van der Waals surface area contributed by atoms with Gasteiger partial charge in [-0.1, -0.05) is 35.9 Å². The van der Waals surface area contributed by atoms with Gasteiger partial charge >= 0.3 is 0 Å². The molecule has 0 aliphatic carbocycles. The first-order chi connectivity index (χ1) is 16.1. The number of carbonyl (C=O) groups excluding carboxylic acids is 2. The van der Waals surface area contributed by atoms with Gasteiger partial charge < -0.3 is 15.4 Å². The number of benzene rings is 2. The molecule has 2 aromatic carbocycles. The summed E-state index contributed by atoms with van der Waals surface area (Å²) in [5, 5.41) is 13.4. The molecular weight excluding hydrogens is 442 g/mol. The van der Waals surface area contributed by atoms with E-state index in [1.54, 1.807) is 30.3 Å². The Hall–Kier alpha value is -3.20. The van der Waals surface area contributed by atoms with Gasteiger partial charge in [0.1, 0.15) is 0 Å². The van der Waals surface area contributed by atoms with E-state index in [0.717, 1.165) is 38.4 Å². The molecule has 0 bridgehead atoms. The van der Waals surface area contributed by atoms with Crippen LogP contribution in [0.4, 0.5) is 5.69 Å². The Labute approximate surface area is 197 Å². The van der Waals surface area contributed by atoms with E-state index in [0.29, 0.717) is 34.2 Å². The van der Waals surface area contributed by atoms with E-state index in [4.69, 9.17) is 16.3 Å². The van der Waals surface area contributed by atoms with Gasteiger partial charge in [0, 0.05) is 43.0 Å². The summed E-state index contributed by atoms with van der Waals surface area (Å²) in [6.07, 6.45) is 0.125. The molecule has 172 valence electrons. The minimum atomic E-state index is -0.202. The standard InChI is InChI=1S/C24H26ClN5O3/c25-20-6-1-2-7-21(20)27-23(31)16-19-15-22(29-28-19)17-4-3-5-18(14-17)24(32)26-8-9-30-10-12-33-13-11-30/h1-7,14-15H,8-13,16H2,(H,26,32)(H,27,31)(H,28,29). The Bertz CT molecular complexity index is 1110. The van der Waals surface area contributed by atoms with Gasteiger partial charge in [-0.3, -0.25) is 19.6 Å². The van der Waals surface area contributed by atoms with Gasteiger partial charge in [0.15, 0.2) is 0 Å². The van der Waals surface area contributed by atoms with Crippen LogP contribution in [0.2, 0.25) is 5.02 Å². The fraction of sp³-hybridized carbons (Fsp3) is 0.292. The average Bonchev–Trinajstić information content (AvgIpc) is 3.30. The third-order valence-electron chi connectivity index (χ3n) is 5.37. The molecule has 1 fully saturated rings. The maximum atomic E-state index is 12.6. The number of amides is 2. The van der Waals surface area contributed by atoms with Crippen molar-refractivity contribution in [2.24, 2.45) is 0 Å². The summed E-state index contributed by atoms with van der Waals surface area (Å²) < 4.78 is 5.34. The first-order valence-electron chi connectivity index (χ1n) is 10.9. The van der Waals surface area contributed by atoms with E-state index in [9.17, 15) is 9.59 Å². The molecule has 1 aliphatic heterocycles. The van der Waals surface area contributed by atoms with E-state index in [2.05, 4.69) is 25.7 Å². The van der Waals surface area contributed by atoms with Crippen LogP contribution in [0, 0.1) is 0 Å². The van der Waals surface area contributed by atoms with Crippen LogP contribution in [-0.2, 0) is 16.0 Å². The highest BCUT2D eigenvalue weighted by Crippen LogP contribution is 2.22. The smallest absolute Gasteiger partial charge is 0.251 e. The zero-order valence-corrected chi connectivity index (χ0v) is 18.9. The summed E-state index contributed by atoms with van der Waals surface area (Å²) >= 11 is 6.09. The second kappa shape index (κ2) is 11.1. The third kappa shape index (κ3) is 6.41. The Kier molecular flexibility index (Phi) is 7.72. The number of hydrogen-bond acceptors (Lipinski definition) is 5. The number of nitrogens with zero attached hydrogens (tertiary/aromatic N) is 2. The summed E-state index contributed by atoms with van der Waals surface area (Å²) in [6, 6.07) is 16.2. The number of rotatable bonds is 8. The number of ether oxygens (including phenoxy) is 1. The molecule has 1 saturated heterocycles. The number of nitrogens with one attached hydrogen (secondary N) is 3. The van der Waals surface area contributed by atoms with E-state index in [1.165, 1.54) is 0 Å². The monoisotopic (exact) mass is 467 g/mol. The lowest BCUT2D eigenvalue weighted by atomic mass is 10.1. The van der Waals surface area contributed by atoms with Crippen molar-refractivity contribution in [3.63, 3.8) is 0 Å². The van der Waals surface area contributed by atoms with Gasteiger partial charge in [0.25, 0.3) is 5.91 Å². The molecule has 0 unspecified atom stereocenters. The molecule has 2 heterocycles. The maximum Gasteiger partial charge on any atom is 0.251 e. The molecule has 3 aromatic rings. The molecule has 0 atom stereocenters. The van der Waals surface area contributed by atoms with E-state index >= 15 is 0 Å². The van der Waals surface area contributed by atoms with Crippen molar-refractivity contribution in [1.29, 1.82) is 0 Å². The predicted octanol–water partition coefficient (Wildman–Crippen LogP) is 2.97. The summed E-state index contributed by atoms with van der Waals surface area (Å²) in [5.41, 5.74) is 3.25. The van der Waals surface area contributed by atoms with Gasteiger partial charge in [0.05, 0.1) is 36.0 Å². The van der Waals surface area contributed by atoms with Crippen LogP contribution in [0.5, 0.6) is 0 Å². The lowest BCUT2D eigenvalue weighted by Crippen LogP contribution is -2.41. The summed E-state index contributed by atoms with van der Waals surface area (Å²) in [5.74, 6) is -0.327. The summed E-state index contributed by atoms with van der Waals surface area (Å²) in [6.45, 7) is 4.64. The predicted molar refractivity (Wildman–Crippen MR) is 127 cm³/mol.